The van der Waals surface area contributed by atoms with Crippen molar-refractivity contribution in [3.8, 4) is 0 Å². The summed E-state index contributed by atoms with van der Waals surface area (Å²) in [6.45, 7) is 2.81. The summed E-state index contributed by atoms with van der Waals surface area (Å²) >= 11 is 1.26. The predicted octanol–water partition coefficient (Wildman–Crippen LogP) is 5.10. The average molecular weight is 320 g/mol. The third kappa shape index (κ3) is 4.68. The summed E-state index contributed by atoms with van der Waals surface area (Å²) in [4.78, 5) is 4.32. The van der Waals surface area contributed by atoms with Crippen LogP contribution in [-0.2, 0) is 12.7 Å². The van der Waals surface area contributed by atoms with Crippen LogP contribution in [0.3, 0.4) is 0 Å². The van der Waals surface area contributed by atoms with Crippen LogP contribution in [0.5, 0.6) is 0 Å². The molecule has 0 aromatic carbocycles. The summed E-state index contributed by atoms with van der Waals surface area (Å²) in [6, 6.07) is 0. The Morgan fingerprint density at radius 3 is 2.33 bits per heavy atom. The highest BCUT2D eigenvalue weighted by Crippen LogP contribution is 2.39. The van der Waals surface area contributed by atoms with Gasteiger partial charge in [-0.1, -0.05) is 39.0 Å². The first-order valence-electron chi connectivity index (χ1n) is 7.80. The van der Waals surface area contributed by atoms with Crippen molar-refractivity contribution in [1.82, 2.24) is 10.3 Å². The fourth-order valence-electron chi connectivity index (χ4n) is 2.83. The molecule has 0 radical (unpaired) electrons. The van der Waals surface area contributed by atoms with E-state index in [1.54, 1.807) is 0 Å². The molecule has 0 unspecified atom stereocenters. The van der Waals surface area contributed by atoms with Crippen molar-refractivity contribution in [3.63, 3.8) is 0 Å². The van der Waals surface area contributed by atoms with Gasteiger partial charge in [-0.25, -0.2) is 4.98 Å². The molecule has 120 valence electrons. The van der Waals surface area contributed by atoms with Crippen molar-refractivity contribution in [2.75, 3.05) is 6.54 Å². The second kappa shape index (κ2) is 7.58. The predicted molar refractivity (Wildman–Crippen MR) is 79.6 cm³/mol. The zero-order valence-corrected chi connectivity index (χ0v) is 13.2. The van der Waals surface area contributed by atoms with E-state index in [-0.39, 0.29) is 12.5 Å². The molecule has 6 heteroatoms. The van der Waals surface area contributed by atoms with E-state index in [1.807, 2.05) is 6.92 Å². The Kier molecular flexibility index (Phi) is 6.05. The lowest BCUT2D eigenvalue weighted by atomic mass is 9.92. The highest BCUT2D eigenvalue weighted by molar-refractivity contribution is 7.11. The summed E-state index contributed by atoms with van der Waals surface area (Å²) in [6.07, 6.45) is 3.46. The van der Waals surface area contributed by atoms with Gasteiger partial charge in [0.2, 0.25) is 0 Å². The number of halogens is 3. The number of alkyl halides is 3. The minimum absolute atomic E-state index is 0.215. The van der Waals surface area contributed by atoms with E-state index in [9.17, 15) is 13.2 Å². The van der Waals surface area contributed by atoms with E-state index in [0.29, 0.717) is 16.4 Å². The van der Waals surface area contributed by atoms with Gasteiger partial charge in [-0.15, -0.1) is 11.3 Å². The number of nitrogens with zero attached hydrogens (tertiary/aromatic N) is 1. The minimum Gasteiger partial charge on any atom is -0.312 e. The molecule has 21 heavy (non-hydrogen) atoms. The number of nitrogens with one attached hydrogen (secondary N) is 1. The quantitative estimate of drug-likeness (QED) is 0.835. The molecule has 1 saturated carbocycles. The summed E-state index contributed by atoms with van der Waals surface area (Å²) < 4.78 is 39.4. The van der Waals surface area contributed by atoms with Crippen LogP contribution in [0.1, 0.15) is 73.4 Å². The molecule has 0 spiro atoms. The molecule has 0 atom stereocenters. The van der Waals surface area contributed by atoms with E-state index < -0.39 is 11.9 Å². The van der Waals surface area contributed by atoms with Crippen molar-refractivity contribution in [2.24, 2.45) is 0 Å². The van der Waals surface area contributed by atoms with Crippen molar-refractivity contribution in [3.05, 3.63) is 15.6 Å². The van der Waals surface area contributed by atoms with Gasteiger partial charge in [0.15, 0.2) is 5.69 Å². The van der Waals surface area contributed by atoms with E-state index in [2.05, 4.69) is 10.3 Å². The first kappa shape index (κ1) is 16.7. The zero-order chi connectivity index (χ0) is 15.3. The van der Waals surface area contributed by atoms with Gasteiger partial charge in [0.25, 0.3) is 0 Å². The molecule has 2 rings (SSSR count). The molecule has 1 aliphatic carbocycles. The van der Waals surface area contributed by atoms with E-state index in [1.165, 1.54) is 30.6 Å². The van der Waals surface area contributed by atoms with Crippen LogP contribution in [0.15, 0.2) is 0 Å². The summed E-state index contributed by atoms with van der Waals surface area (Å²) in [5.74, 6) is 0.215. The van der Waals surface area contributed by atoms with E-state index in [0.717, 1.165) is 25.7 Å². The number of aromatic nitrogens is 1. The lowest BCUT2D eigenvalue weighted by Crippen LogP contribution is -2.15. The lowest BCUT2D eigenvalue weighted by Gasteiger charge is -2.17. The first-order chi connectivity index (χ1) is 10.0. The molecule has 0 amide bonds. The van der Waals surface area contributed by atoms with Gasteiger partial charge < -0.3 is 5.32 Å². The van der Waals surface area contributed by atoms with Gasteiger partial charge in [0.05, 0.1) is 9.88 Å². The first-order valence-corrected chi connectivity index (χ1v) is 8.61. The zero-order valence-electron chi connectivity index (χ0n) is 12.4. The van der Waals surface area contributed by atoms with Crippen molar-refractivity contribution >= 4 is 11.3 Å². The molecule has 1 aromatic heterocycles. The normalized spacial score (nSPS) is 18.5. The second-order valence-electron chi connectivity index (χ2n) is 5.64. The van der Waals surface area contributed by atoms with Crippen molar-refractivity contribution in [2.45, 2.75) is 70.5 Å². The van der Waals surface area contributed by atoms with Crippen molar-refractivity contribution in [1.29, 1.82) is 0 Å². The van der Waals surface area contributed by atoms with Gasteiger partial charge in [0.1, 0.15) is 0 Å². The number of thiazole rings is 1. The highest BCUT2D eigenvalue weighted by atomic mass is 32.1. The van der Waals surface area contributed by atoms with Gasteiger partial charge in [-0.05, 0) is 19.4 Å². The topological polar surface area (TPSA) is 24.9 Å². The highest BCUT2D eigenvalue weighted by Gasteiger charge is 2.38. The van der Waals surface area contributed by atoms with Crippen molar-refractivity contribution < 1.29 is 13.2 Å². The Balaban J connectivity index is 2.20. The van der Waals surface area contributed by atoms with Crippen LogP contribution < -0.4 is 5.32 Å². The third-order valence-corrected chi connectivity index (χ3v) is 5.19. The standard InChI is InChI=1S/C15H23F3N2S/c1-2-19-10-12-13(15(16,17)18)20-14(21-12)11-8-6-4-3-5-7-9-11/h11,19H,2-10H2,1H3. The molecule has 1 aromatic rings. The van der Waals surface area contributed by atoms with Crippen LogP contribution in [0.25, 0.3) is 0 Å². The van der Waals surface area contributed by atoms with Crippen LogP contribution in [0.4, 0.5) is 13.2 Å². The minimum atomic E-state index is -4.35. The van der Waals surface area contributed by atoms with Crippen LogP contribution in [0, 0.1) is 0 Å². The molecule has 1 aliphatic rings. The summed E-state index contributed by atoms with van der Waals surface area (Å²) in [5, 5.41) is 3.68. The van der Waals surface area contributed by atoms with Crippen LogP contribution >= 0.6 is 11.3 Å². The molecular formula is C15H23F3N2S. The van der Waals surface area contributed by atoms with E-state index >= 15 is 0 Å². The van der Waals surface area contributed by atoms with Gasteiger partial charge in [-0.2, -0.15) is 13.2 Å². The molecule has 0 aliphatic heterocycles. The maximum atomic E-state index is 13.1. The SMILES string of the molecule is CCNCc1sc(C2CCCCCCC2)nc1C(F)(F)F. The Morgan fingerprint density at radius 2 is 1.76 bits per heavy atom. The van der Waals surface area contributed by atoms with E-state index in [4.69, 9.17) is 0 Å². The number of rotatable bonds is 4. The monoisotopic (exact) mass is 320 g/mol. The number of hydrogen-bond donors (Lipinski definition) is 1. The van der Waals surface area contributed by atoms with Gasteiger partial charge in [-0.3, -0.25) is 0 Å². The van der Waals surface area contributed by atoms with Crippen LogP contribution in [0.2, 0.25) is 0 Å². The Bertz CT molecular complexity index is 435. The molecular weight excluding hydrogens is 297 g/mol. The lowest BCUT2D eigenvalue weighted by molar-refractivity contribution is -0.141. The molecule has 0 bridgehead atoms. The molecule has 1 N–H and O–H groups in total. The molecule has 1 heterocycles. The number of hydrogen-bond acceptors (Lipinski definition) is 3. The van der Waals surface area contributed by atoms with Crippen LogP contribution in [-0.4, -0.2) is 11.5 Å². The molecule has 1 fully saturated rings. The van der Waals surface area contributed by atoms with Gasteiger partial charge in [0, 0.05) is 12.5 Å². The Labute approximate surface area is 128 Å². The second-order valence-corrected chi connectivity index (χ2v) is 6.76. The summed E-state index contributed by atoms with van der Waals surface area (Å²) in [5.41, 5.74) is -0.675. The third-order valence-electron chi connectivity index (χ3n) is 3.97. The van der Waals surface area contributed by atoms with Gasteiger partial charge >= 0.3 is 6.18 Å². The summed E-state index contributed by atoms with van der Waals surface area (Å²) in [7, 11) is 0. The largest absolute Gasteiger partial charge is 0.434 e. The maximum Gasteiger partial charge on any atom is 0.434 e. The fourth-order valence-corrected chi connectivity index (χ4v) is 4.05. The molecule has 2 nitrogen and oxygen atoms in total. The smallest absolute Gasteiger partial charge is 0.312 e. The fraction of sp³-hybridized carbons (Fsp3) is 0.800. The Hall–Kier alpha value is -0.620. The maximum absolute atomic E-state index is 13.1. The average Bonchev–Trinajstić information content (AvgIpc) is 2.80. The molecule has 0 saturated heterocycles. The Morgan fingerprint density at radius 1 is 1.14 bits per heavy atom.